The third-order valence-electron chi connectivity index (χ3n) is 4.03. The van der Waals surface area contributed by atoms with Crippen molar-refractivity contribution in [3.05, 3.63) is 30.3 Å². The Morgan fingerprint density at radius 1 is 1.19 bits per heavy atom. The Bertz CT molecular complexity index is 602. The lowest BCUT2D eigenvalue weighted by Crippen LogP contribution is -2.39. The van der Waals surface area contributed by atoms with Gasteiger partial charge in [0, 0.05) is 25.4 Å². The van der Waals surface area contributed by atoms with E-state index < -0.39 is 0 Å². The molecule has 0 saturated carbocycles. The van der Waals surface area contributed by atoms with Crippen LogP contribution in [0.1, 0.15) is 18.9 Å². The van der Waals surface area contributed by atoms with Gasteiger partial charge in [0.05, 0.1) is 12.6 Å². The lowest BCUT2D eigenvalue weighted by Gasteiger charge is -2.32. The molecule has 1 aromatic heterocycles. The first-order chi connectivity index (χ1) is 10.4. The molecule has 2 aliphatic rings. The minimum absolute atomic E-state index is 0.305. The van der Waals surface area contributed by atoms with Crippen molar-refractivity contribution in [2.75, 3.05) is 36.5 Å². The summed E-state index contributed by atoms with van der Waals surface area (Å²) in [7, 11) is 0. The minimum atomic E-state index is 0.305. The van der Waals surface area contributed by atoms with Gasteiger partial charge >= 0.3 is 0 Å². The highest BCUT2D eigenvalue weighted by atomic mass is 16.5. The summed E-state index contributed by atoms with van der Waals surface area (Å²) in [5.41, 5.74) is 1.01. The Labute approximate surface area is 123 Å². The van der Waals surface area contributed by atoms with Gasteiger partial charge in [-0.3, -0.25) is 0 Å². The van der Waals surface area contributed by atoms with E-state index in [1.165, 1.54) is 6.42 Å². The lowest BCUT2D eigenvalue weighted by atomic mass is 10.2. The molecule has 2 aromatic rings. The van der Waals surface area contributed by atoms with Crippen LogP contribution in [0.3, 0.4) is 0 Å². The monoisotopic (exact) mass is 285 g/mol. The maximum Gasteiger partial charge on any atom is 0.248 e. The number of ether oxygens (including phenoxy) is 1. The highest BCUT2D eigenvalue weighted by molar-refractivity contribution is 5.54. The number of anilines is 3. The van der Waals surface area contributed by atoms with Crippen LogP contribution in [0.25, 0.3) is 0 Å². The summed E-state index contributed by atoms with van der Waals surface area (Å²) < 4.78 is 7.54. The number of rotatable bonds is 4. The molecule has 0 spiro atoms. The number of nitrogens with one attached hydrogen (secondary N) is 1. The smallest absolute Gasteiger partial charge is 0.248 e. The van der Waals surface area contributed by atoms with Gasteiger partial charge in [0.2, 0.25) is 11.9 Å². The van der Waals surface area contributed by atoms with E-state index in [0.717, 1.165) is 44.4 Å². The third-order valence-corrected chi connectivity index (χ3v) is 4.03. The van der Waals surface area contributed by atoms with Gasteiger partial charge in [0.1, 0.15) is 0 Å². The van der Waals surface area contributed by atoms with Crippen molar-refractivity contribution in [3.8, 4) is 0 Å². The number of benzene rings is 1. The normalized spacial score (nSPS) is 21.3. The zero-order valence-corrected chi connectivity index (χ0v) is 11.9. The van der Waals surface area contributed by atoms with Crippen LogP contribution in [0.5, 0.6) is 0 Å². The van der Waals surface area contributed by atoms with Gasteiger partial charge in [-0.2, -0.15) is 4.98 Å². The fourth-order valence-corrected chi connectivity index (χ4v) is 2.71. The molecule has 4 rings (SSSR count). The first-order valence-corrected chi connectivity index (χ1v) is 7.51. The number of aromatic nitrogens is 3. The van der Waals surface area contributed by atoms with Crippen molar-refractivity contribution >= 4 is 17.6 Å². The summed E-state index contributed by atoms with van der Waals surface area (Å²) in [6.45, 7) is 3.68. The molecule has 1 unspecified atom stereocenters. The summed E-state index contributed by atoms with van der Waals surface area (Å²) in [6, 6.07) is 10.3. The highest BCUT2D eigenvalue weighted by Gasteiger charge is 2.28. The van der Waals surface area contributed by atoms with Crippen LogP contribution in [-0.2, 0) is 4.74 Å². The first-order valence-electron chi connectivity index (χ1n) is 7.51. The molecule has 6 nitrogen and oxygen atoms in total. The summed E-state index contributed by atoms with van der Waals surface area (Å²) >= 11 is 0. The average Bonchev–Trinajstić information content (AvgIpc) is 3.08. The van der Waals surface area contributed by atoms with Crippen molar-refractivity contribution in [2.45, 2.75) is 18.9 Å². The van der Waals surface area contributed by atoms with E-state index in [0.29, 0.717) is 12.0 Å². The second kappa shape index (κ2) is 5.37. The second-order valence-electron chi connectivity index (χ2n) is 5.53. The highest BCUT2D eigenvalue weighted by Crippen LogP contribution is 2.28. The molecule has 2 saturated heterocycles. The maximum atomic E-state index is 5.50. The van der Waals surface area contributed by atoms with E-state index in [-0.39, 0.29) is 0 Å². The summed E-state index contributed by atoms with van der Waals surface area (Å²) in [5.74, 6) is 1.63. The molecular formula is C15H19N5O. The van der Waals surface area contributed by atoms with Gasteiger partial charge in [0.15, 0.2) is 0 Å². The van der Waals surface area contributed by atoms with Gasteiger partial charge in [-0.15, -0.1) is 5.10 Å². The fourth-order valence-electron chi connectivity index (χ4n) is 2.71. The standard InChI is InChI=1S/C15H19N5O/c1-2-5-12(6-3-1)16-14-17-15(19-8-4-9-19)20(18-14)13-7-10-21-11-13/h1-3,5-6,13H,4,7-11H2,(H,16,18). The zero-order chi connectivity index (χ0) is 14.1. The van der Waals surface area contributed by atoms with Crippen molar-refractivity contribution < 1.29 is 4.74 Å². The first kappa shape index (κ1) is 12.6. The molecule has 1 atom stereocenters. The Balaban J connectivity index is 1.62. The van der Waals surface area contributed by atoms with Gasteiger partial charge in [-0.25, -0.2) is 4.68 Å². The number of hydrogen-bond acceptors (Lipinski definition) is 5. The Morgan fingerprint density at radius 3 is 2.71 bits per heavy atom. The molecule has 1 aromatic carbocycles. The molecule has 2 fully saturated rings. The number of para-hydroxylation sites is 1. The Hall–Kier alpha value is -2.08. The van der Waals surface area contributed by atoms with Crippen molar-refractivity contribution in [1.29, 1.82) is 0 Å². The predicted octanol–water partition coefficient (Wildman–Crippen LogP) is 2.19. The SMILES string of the molecule is c1ccc(Nc2nc(N3CCC3)n(C3CCOC3)n2)cc1. The zero-order valence-electron chi connectivity index (χ0n) is 11.9. The topological polar surface area (TPSA) is 55.2 Å². The maximum absolute atomic E-state index is 5.50. The molecule has 0 amide bonds. The molecule has 110 valence electrons. The quantitative estimate of drug-likeness (QED) is 0.933. The Kier molecular flexibility index (Phi) is 3.23. The van der Waals surface area contributed by atoms with Crippen LogP contribution < -0.4 is 10.2 Å². The van der Waals surface area contributed by atoms with Crippen LogP contribution in [0.2, 0.25) is 0 Å². The summed E-state index contributed by atoms with van der Waals surface area (Å²) in [6.07, 6.45) is 2.24. The van der Waals surface area contributed by atoms with Crippen LogP contribution >= 0.6 is 0 Å². The predicted molar refractivity (Wildman–Crippen MR) is 81.0 cm³/mol. The molecule has 6 heteroatoms. The van der Waals surface area contributed by atoms with Gasteiger partial charge in [-0.1, -0.05) is 18.2 Å². The molecule has 0 radical (unpaired) electrons. The van der Waals surface area contributed by atoms with Crippen LogP contribution in [0.4, 0.5) is 17.6 Å². The Morgan fingerprint density at radius 2 is 2.05 bits per heavy atom. The average molecular weight is 285 g/mol. The van der Waals surface area contributed by atoms with E-state index in [9.17, 15) is 0 Å². The minimum Gasteiger partial charge on any atom is -0.379 e. The van der Waals surface area contributed by atoms with Crippen molar-refractivity contribution in [3.63, 3.8) is 0 Å². The van der Waals surface area contributed by atoms with E-state index in [4.69, 9.17) is 4.74 Å². The van der Waals surface area contributed by atoms with E-state index >= 15 is 0 Å². The summed E-state index contributed by atoms with van der Waals surface area (Å²) in [4.78, 5) is 6.96. The van der Waals surface area contributed by atoms with Crippen LogP contribution in [-0.4, -0.2) is 41.1 Å². The van der Waals surface area contributed by atoms with E-state index in [1.54, 1.807) is 0 Å². The van der Waals surface area contributed by atoms with Gasteiger partial charge in [-0.05, 0) is 25.0 Å². The lowest BCUT2D eigenvalue weighted by molar-refractivity contribution is 0.184. The van der Waals surface area contributed by atoms with Crippen LogP contribution in [0.15, 0.2) is 30.3 Å². The van der Waals surface area contributed by atoms with Gasteiger partial charge < -0.3 is 15.0 Å². The molecule has 3 heterocycles. The molecular weight excluding hydrogens is 266 g/mol. The number of nitrogens with zero attached hydrogens (tertiary/aromatic N) is 4. The molecule has 21 heavy (non-hydrogen) atoms. The fraction of sp³-hybridized carbons (Fsp3) is 0.467. The molecule has 0 aliphatic carbocycles. The van der Waals surface area contributed by atoms with E-state index in [1.807, 2.05) is 35.0 Å². The molecule has 2 aliphatic heterocycles. The van der Waals surface area contributed by atoms with Crippen molar-refractivity contribution in [2.24, 2.45) is 0 Å². The number of hydrogen-bond donors (Lipinski definition) is 1. The van der Waals surface area contributed by atoms with Crippen molar-refractivity contribution in [1.82, 2.24) is 14.8 Å². The van der Waals surface area contributed by atoms with Crippen LogP contribution in [0, 0.1) is 0 Å². The molecule has 0 bridgehead atoms. The molecule has 1 N–H and O–H groups in total. The third kappa shape index (κ3) is 2.47. The van der Waals surface area contributed by atoms with E-state index in [2.05, 4.69) is 20.3 Å². The van der Waals surface area contributed by atoms with Gasteiger partial charge in [0.25, 0.3) is 0 Å². The second-order valence-corrected chi connectivity index (χ2v) is 5.53. The largest absolute Gasteiger partial charge is 0.379 e. The summed E-state index contributed by atoms with van der Waals surface area (Å²) in [5, 5.41) is 7.94.